The van der Waals surface area contributed by atoms with Gasteiger partial charge in [0.15, 0.2) is 6.61 Å². The molecule has 1 aromatic carbocycles. The summed E-state index contributed by atoms with van der Waals surface area (Å²) < 4.78 is 5.56. The number of nitrogens with zero attached hydrogens (tertiary/aromatic N) is 1. The van der Waals surface area contributed by atoms with Crippen molar-refractivity contribution in [3.8, 4) is 5.75 Å². The minimum atomic E-state index is 0.000839. The van der Waals surface area contributed by atoms with Gasteiger partial charge in [0, 0.05) is 13.1 Å². The van der Waals surface area contributed by atoms with Gasteiger partial charge < -0.3 is 9.64 Å². The van der Waals surface area contributed by atoms with Crippen LogP contribution in [0.4, 0.5) is 0 Å². The molecule has 0 aliphatic carbocycles. The summed E-state index contributed by atoms with van der Waals surface area (Å²) in [5.74, 6) is 0.788. The summed E-state index contributed by atoms with van der Waals surface area (Å²) in [6.07, 6.45) is 0. The molecule has 17 heavy (non-hydrogen) atoms. The third-order valence-corrected chi connectivity index (χ3v) is 2.86. The van der Waals surface area contributed by atoms with E-state index < -0.39 is 0 Å². The highest BCUT2D eigenvalue weighted by Gasteiger charge is 2.12. The molecular formula is C14H21NO2. The molecule has 0 aliphatic heterocycles. The Balaban J connectivity index is 2.61. The predicted molar refractivity (Wildman–Crippen MR) is 69.3 cm³/mol. The van der Waals surface area contributed by atoms with Crippen LogP contribution in [0.2, 0.25) is 0 Å². The van der Waals surface area contributed by atoms with Crippen LogP contribution < -0.4 is 4.74 Å². The van der Waals surface area contributed by atoms with E-state index in [2.05, 4.69) is 0 Å². The first-order valence-electron chi connectivity index (χ1n) is 5.87. The van der Waals surface area contributed by atoms with Crippen molar-refractivity contribution in [3.05, 3.63) is 29.3 Å². The second kappa shape index (κ2) is 5.71. The lowest BCUT2D eigenvalue weighted by Crippen LogP contribution is -2.36. The van der Waals surface area contributed by atoms with Gasteiger partial charge in [-0.3, -0.25) is 4.79 Å². The number of rotatable bonds is 4. The van der Waals surface area contributed by atoms with Crippen LogP contribution in [-0.2, 0) is 4.79 Å². The van der Waals surface area contributed by atoms with E-state index in [0.29, 0.717) is 0 Å². The fourth-order valence-corrected chi connectivity index (χ4v) is 1.39. The Hall–Kier alpha value is -1.51. The molecule has 1 amide bonds. The van der Waals surface area contributed by atoms with Crippen LogP contribution in [0.3, 0.4) is 0 Å². The molecule has 94 valence electrons. The first-order chi connectivity index (χ1) is 7.91. The SMILES string of the molecule is Cc1ccc(C)c(OCC(=O)N(C)C(C)C)c1. The largest absolute Gasteiger partial charge is 0.483 e. The molecule has 0 spiro atoms. The minimum Gasteiger partial charge on any atom is -0.483 e. The number of hydrogen-bond acceptors (Lipinski definition) is 2. The third kappa shape index (κ3) is 3.77. The number of benzene rings is 1. The number of likely N-dealkylation sites (N-methyl/N-ethyl adjacent to an activating group) is 1. The summed E-state index contributed by atoms with van der Waals surface area (Å²) in [6.45, 7) is 8.05. The van der Waals surface area contributed by atoms with Crippen LogP contribution in [0.25, 0.3) is 0 Å². The van der Waals surface area contributed by atoms with Crippen molar-refractivity contribution in [1.82, 2.24) is 4.90 Å². The lowest BCUT2D eigenvalue weighted by atomic mass is 10.1. The van der Waals surface area contributed by atoms with E-state index in [1.54, 1.807) is 11.9 Å². The maximum Gasteiger partial charge on any atom is 0.260 e. The van der Waals surface area contributed by atoms with Crippen LogP contribution >= 0.6 is 0 Å². The summed E-state index contributed by atoms with van der Waals surface area (Å²) in [4.78, 5) is 13.4. The molecule has 3 nitrogen and oxygen atoms in total. The molecule has 1 aromatic rings. The van der Waals surface area contributed by atoms with Gasteiger partial charge in [0.2, 0.25) is 0 Å². The first-order valence-corrected chi connectivity index (χ1v) is 5.87. The van der Waals surface area contributed by atoms with Gasteiger partial charge in [0.1, 0.15) is 5.75 Å². The third-order valence-electron chi connectivity index (χ3n) is 2.86. The van der Waals surface area contributed by atoms with Gasteiger partial charge in [0.25, 0.3) is 5.91 Å². The van der Waals surface area contributed by atoms with Crippen molar-refractivity contribution in [2.45, 2.75) is 33.7 Å². The number of aryl methyl sites for hydroxylation is 2. The molecule has 1 rings (SSSR count). The zero-order valence-corrected chi connectivity index (χ0v) is 11.3. The summed E-state index contributed by atoms with van der Waals surface area (Å²) in [7, 11) is 1.79. The van der Waals surface area contributed by atoms with Gasteiger partial charge in [-0.15, -0.1) is 0 Å². The van der Waals surface area contributed by atoms with E-state index in [1.165, 1.54) is 0 Å². The molecule has 3 heteroatoms. The van der Waals surface area contributed by atoms with E-state index in [9.17, 15) is 4.79 Å². The molecule has 0 aliphatic rings. The second-order valence-electron chi connectivity index (χ2n) is 4.66. The molecule has 0 saturated carbocycles. The number of ether oxygens (including phenoxy) is 1. The monoisotopic (exact) mass is 235 g/mol. The van der Waals surface area contributed by atoms with Gasteiger partial charge in [-0.1, -0.05) is 12.1 Å². The number of amides is 1. The summed E-state index contributed by atoms with van der Waals surface area (Å²) in [6, 6.07) is 6.19. The average Bonchev–Trinajstić information content (AvgIpc) is 2.28. The molecule has 0 saturated heterocycles. The highest BCUT2D eigenvalue weighted by atomic mass is 16.5. The fourth-order valence-electron chi connectivity index (χ4n) is 1.39. The Morgan fingerprint density at radius 1 is 1.35 bits per heavy atom. The minimum absolute atomic E-state index is 0.000839. The topological polar surface area (TPSA) is 29.5 Å². The quantitative estimate of drug-likeness (QED) is 0.802. The summed E-state index contributed by atoms with van der Waals surface area (Å²) >= 11 is 0. The van der Waals surface area contributed by atoms with Gasteiger partial charge in [-0.2, -0.15) is 0 Å². The van der Waals surface area contributed by atoms with Crippen LogP contribution in [-0.4, -0.2) is 30.5 Å². The van der Waals surface area contributed by atoms with Crippen LogP contribution in [0.5, 0.6) is 5.75 Å². The fraction of sp³-hybridized carbons (Fsp3) is 0.500. The molecule has 0 aromatic heterocycles. The Labute approximate surface area is 103 Å². The number of carbonyl (C=O) groups is 1. The highest BCUT2D eigenvalue weighted by molar-refractivity contribution is 5.77. The highest BCUT2D eigenvalue weighted by Crippen LogP contribution is 2.19. The Morgan fingerprint density at radius 2 is 2.00 bits per heavy atom. The van der Waals surface area contributed by atoms with Crippen LogP contribution in [0.1, 0.15) is 25.0 Å². The first kappa shape index (κ1) is 13.6. The standard InChI is InChI=1S/C14H21NO2/c1-10(2)15(5)14(16)9-17-13-8-11(3)6-7-12(13)4/h6-8,10H,9H2,1-5H3. The molecule has 0 fully saturated rings. The van der Waals surface area contributed by atoms with Gasteiger partial charge in [0.05, 0.1) is 0 Å². The number of carbonyl (C=O) groups excluding carboxylic acids is 1. The van der Waals surface area contributed by atoms with E-state index in [1.807, 2.05) is 45.9 Å². The maximum atomic E-state index is 11.8. The van der Waals surface area contributed by atoms with Crippen molar-refractivity contribution in [1.29, 1.82) is 0 Å². The van der Waals surface area contributed by atoms with Crippen molar-refractivity contribution >= 4 is 5.91 Å². The van der Waals surface area contributed by atoms with E-state index >= 15 is 0 Å². The van der Waals surface area contributed by atoms with Crippen LogP contribution in [0.15, 0.2) is 18.2 Å². The Bertz CT molecular complexity index is 399. The van der Waals surface area contributed by atoms with Crippen molar-refractivity contribution in [2.75, 3.05) is 13.7 Å². The zero-order valence-electron chi connectivity index (χ0n) is 11.3. The van der Waals surface area contributed by atoms with E-state index in [4.69, 9.17) is 4.74 Å². The van der Waals surface area contributed by atoms with Gasteiger partial charge in [-0.05, 0) is 44.9 Å². The molecular weight excluding hydrogens is 214 g/mol. The smallest absolute Gasteiger partial charge is 0.260 e. The lowest BCUT2D eigenvalue weighted by Gasteiger charge is -2.21. The Morgan fingerprint density at radius 3 is 2.59 bits per heavy atom. The summed E-state index contributed by atoms with van der Waals surface area (Å²) in [5.41, 5.74) is 2.19. The molecule has 0 bridgehead atoms. The normalized spacial score (nSPS) is 10.5. The van der Waals surface area contributed by atoms with Crippen molar-refractivity contribution in [2.24, 2.45) is 0 Å². The second-order valence-corrected chi connectivity index (χ2v) is 4.66. The molecule has 0 atom stereocenters. The molecule has 0 heterocycles. The number of hydrogen-bond donors (Lipinski definition) is 0. The van der Waals surface area contributed by atoms with Gasteiger partial charge in [-0.25, -0.2) is 0 Å². The average molecular weight is 235 g/mol. The van der Waals surface area contributed by atoms with Gasteiger partial charge >= 0.3 is 0 Å². The predicted octanol–water partition coefficient (Wildman–Crippen LogP) is 2.55. The van der Waals surface area contributed by atoms with E-state index in [-0.39, 0.29) is 18.6 Å². The van der Waals surface area contributed by atoms with Crippen LogP contribution in [0, 0.1) is 13.8 Å². The lowest BCUT2D eigenvalue weighted by molar-refractivity contribution is -0.133. The molecule has 0 unspecified atom stereocenters. The summed E-state index contributed by atoms with van der Waals surface area (Å²) in [5, 5.41) is 0. The van der Waals surface area contributed by atoms with E-state index in [0.717, 1.165) is 16.9 Å². The molecule has 0 radical (unpaired) electrons. The molecule has 0 N–H and O–H groups in total. The maximum absolute atomic E-state index is 11.8. The van der Waals surface area contributed by atoms with Crippen molar-refractivity contribution < 1.29 is 9.53 Å². The zero-order chi connectivity index (χ0) is 13.0. The van der Waals surface area contributed by atoms with Crippen molar-refractivity contribution in [3.63, 3.8) is 0 Å². The Kier molecular flexibility index (Phi) is 4.55.